The maximum atomic E-state index is 11.7. The molecule has 94 valence electrons. The Balaban J connectivity index is 2.31. The molecule has 0 radical (unpaired) electrons. The predicted molar refractivity (Wildman–Crippen MR) is 63.9 cm³/mol. The molecule has 1 aliphatic carbocycles. The van der Waals surface area contributed by atoms with E-state index in [0.717, 1.165) is 44.9 Å². The van der Waals surface area contributed by atoms with Gasteiger partial charge in [-0.15, -0.1) is 0 Å². The molecular formula is C12H24N2O2. The van der Waals surface area contributed by atoms with Gasteiger partial charge in [0.2, 0.25) is 5.91 Å². The van der Waals surface area contributed by atoms with E-state index >= 15 is 0 Å². The molecule has 2 unspecified atom stereocenters. The van der Waals surface area contributed by atoms with Crippen molar-refractivity contribution in [1.29, 1.82) is 0 Å². The van der Waals surface area contributed by atoms with E-state index in [1.165, 1.54) is 0 Å². The van der Waals surface area contributed by atoms with Crippen LogP contribution in [0, 0.1) is 0 Å². The first-order chi connectivity index (χ1) is 7.65. The Morgan fingerprint density at radius 1 is 1.50 bits per heavy atom. The van der Waals surface area contributed by atoms with Gasteiger partial charge in [-0.05, 0) is 19.3 Å². The Kier molecular flexibility index (Phi) is 5.77. The van der Waals surface area contributed by atoms with Gasteiger partial charge < -0.3 is 16.2 Å². The molecule has 3 atom stereocenters. The molecule has 4 heteroatoms. The number of hydrogen-bond acceptors (Lipinski definition) is 3. The molecule has 0 saturated heterocycles. The average molecular weight is 228 g/mol. The Labute approximate surface area is 97.6 Å². The minimum absolute atomic E-state index is 0.0890. The second-order valence-corrected chi connectivity index (χ2v) is 4.72. The van der Waals surface area contributed by atoms with E-state index in [1.807, 2.05) is 0 Å². The van der Waals surface area contributed by atoms with Crippen LogP contribution in [0.3, 0.4) is 0 Å². The first-order valence-corrected chi connectivity index (χ1v) is 6.39. The van der Waals surface area contributed by atoms with Crippen LogP contribution in [0.25, 0.3) is 0 Å². The Bertz CT molecular complexity index is 221. The van der Waals surface area contributed by atoms with Crippen LogP contribution in [-0.2, 0) is 4.79 Å². The van der Waals surface area contributed by atoms with Crippen LogP contribution in [0.15, 0.2) is 0 Å². The Morgan fingerprint density at radius 3 is 2.81 bits per heavy atom. The summed E-state index contributed by atoms with van der Waals surface area (Å²) in [6, 6.07) is -0.511. The number of carbonyl (C=O) groups is 1. The van der Waals surface area contributed by atoms with Crippen LogP contribution >= 0.6 is 0 Å². The minimum Gasteiger partial charge on any atom is -0.391 e. The van der Waals surface area contributed by atoms with Crippen molar-refractivity contribution in [1.82, 2.24) is 5.32 Å². The number of aliphatic hydroxyl groups excluding tert-OH is 1. The van der Waals surface area contributed by atoms with Gasteiger partial charge in [0.1, 0.15) is 0 Å². The molecule has 0 spiro atoms. The predicted octanol–water partition coefficient (Wildman–Crippen LogP) is 0.924. The minimum atomic E-state index is -0.422. The summed E-state index contributed by atoms with van der Waals surface area (Å²) in [5, 5.41) is 12.6. The van der Waals surface area contributed by atoms with E-state index in [0.29, 0.717) is 0 Å². The molecule has 1 aliphatic rings. The first-order valence-electron chi connectivity index (χ1n) is 6.39. The highest BCUT2D eigenvalue weighted by atomic mass is 16.3. The zero-order chi connectivity index (χ0) is 12.0. The normalized spacial score (nSPS) is 27.4. The smallest absolute Gasteiger partial charge is 0.237 e. The van der Waals surface area contributed by atoms with Crippen LogP contribution < -0.4 is 11.1 Å². The van der Waals surface area contributed by atoms with E-state index < -0.39 is 12.1 Å². The van der Waals surface area contributed by atoms with Gasteiger partial charge in [0.25, 0.3) is 0 Å². The van der Waals surface area contributed by atoms with Crippen molar-refractivity contribution in [3.05, 3.63) is 0 Å². The second-order valence-electron chi connectivity index (χ2n) is 4.72. The number of carbonyl (C=O) groups excluding carboxylic acids is 1. The largest absolute Gasteiger partial charge is 0.391 e. The molecule has 4 N–H and O–H groups in total. The standard InChI is InChI=1S/C12H24N2O2/c1-2-3-6-9(13)12(16)14-10-7-4-5-8-11(10)15/h9-11,15H,2-8,13H2,1H3,(H,14,16)/t9-,10?,11?/m0/s1. The van der Waals surface area contributed by atoms with Crippen molar-refractivity contribution in [3.63, 3.8) is 0 Å². The lowest BCUT2D eigenvalue weighted by atomic mass is 9.92. The van der Waals surface area contributed by atoms with E-state index in [1.54, 1.807) is 0 Å². The van der Waals surface area contributed by atoms with Crippen molar-refractivity contribution in [2.45, 2.75) is 70.1 Å². The lowest BCUT2D eigenvalue weighted by Crippen LogP contribution is -2.50. The van der Waals surface area contributed by atoms with Crippen molar-refractivity contribution in [2.24, 2.45) is 5.73 Å². The fourth-order valence-electron chi connectivity index (χ4n) is 2.12. The van der Waals surface area contributed by atoms with Crippen molar-refractivity contribution < 1.29 is 9.90 Å². The third kappa shape index (κ3) is 4.10. The van der Waals surface area contributed by atoms with Crippen LogP contribution in [0.4, 0.5) is 0 Å². The molecular weight excluding hydrogens is 204 g/mol. The topological polar surface area (TPSA) is 75.4 Å². The molecule has 1 amide bonds. The number of unbranched alkanes of at least 4 members (excludes halogenated alkanes) is 1. The maximum Gasteiger partial charge on any atom is 0.237 e. The third-order valence-corrected chi connectivity index (χ3v) is 3.26. The van der Waals surface area contributed by atoms with Gasteiger partial charge in [-0.2, -0.15) is 0 Å². The quantitative estimate of drug-likeness (QED) is 0.655. The van der Waals surface area contributed by atoms with Crippen LogP contribution in [0.1, 0.15) is 51.9 Å². The maximum absolute atomic E-state index is 11.7. The first kappa shape index (κ1) is 13.5. The van der Waals surface area contributed by atoms with Gasteiger partial charge >= 0.3 is 0 Å². The zero-order valence-corrected chi connectivity index (χ0v) is 10.1. The van der Waals surface area contributed by atoms with Crippen LogP contribution in [-0.4, -0.2) is 29.2 Å². The Hall–Kier alpha value is -0.610. The summed E-state index contributed by atoms with van der Waals surface area (Å²) in [4.78, 5) is 11.7. The van der Waals surface area contributed by atoms with E-state index in [4.69, 9.17) is 5.73 Å². The van der Waals surface area contributed by atoms with Gasteiger partial charge in [-0.3, -0.25) is 4.79 Å². The summed E-state index contributed by atoms with van der Waals surface area (Å²) in [7, 11) is 0. The lowest BCUT2D eigenvalue weighted by Gasteiger charge is -2.29. The van der Waals surface area contributed by atoms with Crippen molar-refractivity contribution >= 4 is 5.91 Å². The Morgan fingerprint density at radius 2 is 2.19 bits per heavy atom. The number of aliphatic hydroxyl groups is 1. The van der Waals surface area contributed by atoms with E-state index in [-0.39, 0.29) is 11.9 Å². The number of hydrogen-bond donors (Lipinski definition) is 3. The highest BCUT2D eigenvalue weighted by molar-refractivity contribution is 5.81. The van der Waals surface area contributed by atoms with E-state index in [9.17, 15) is 9.90 Å². The van der Waals surface area contributed by atoms with Crippen molar-refractivity contribution in [2.75, 3.05) is 0 Å². The third-order valence-electron chi connectivity index (χ3n) is 3.26. The summed E-state index contributed by atoms with van der Waals surface area (Å²) in [5.74, 6) is -0.112. The molecule has 0 aromatic carbocycles. The number of amides is 1. The molecule has 1 fully saturated rings. The summed E-state index contributed by atoms with van der Waals surface area (Å²) in [6.07, 6.45) is 6.14. The molecule has 1 saturated carbocycles. The number of nitrogens with two attached hydrogens (primary N) is 1. The fraction of sp³-hybridized carbons (Fsp3) is 0.917. The van der Waals surface area contributed by atoms with Gasteiger partial charge in [-0.1, -0.05) is 32.6 Å². The molecule has 0 aromatic heterocycles. The molecule has 16 heavy (non-hydrogen) atoms. The summed E-state index contributed by atoms with van der Waals surface area (Å²) >= 11 is 0. The van der Waals surface area contributed by atoms with Crippen LogP contribution in [0.2, 0.25) is 0 Å². The van der Waals surface area contributed by atoms with Gasteiger partial charge in [0.05, 0.1) is 18.2 Å². The highest BCUT2D eigenvalue weighted by Gasteiger charge is 2.25. The summed E-state index contributed by atoms with van der Waals surface area (Å²) < 4.78 is 0. The molecule has 0 bridgehead atoms. The second kappa shape index (κ2) is 6.86. The van der Waals surface area contributed by atoms with Gasteiger partial charge in [0.15, 0.2) is 0 Å². The van der Waals surface area contributed by atoms with Gasteiger partial charge in [0, 0.05) is 0 Å². The zero-order valence-electron chi connectivity index (χ0n) is 10.1. The number of nitrogens with one attached hydrogen (secondary N) is 1. The molecule has 4 nitrogen and oxygen atoms in total. The molecule has 0 aliphatic heterocycles. The lowest BCUT2D eigenvalue weighted by molar-refractivity contribution is -0.124. The molecule has 0 heterocycles. The van der Waals surface area contributed by atoms with E-state index in [2.05, 4.69) is 12.2 Å². The molecule has 1 rings (SSSR count). The van der Waals surface area contributed by atoms with Crippen molar-refractivity contribution in [3.8, 4) is 0 Å². The SMILES string of the molecule is CCCC[C@H](N)C(=O)NC1CCCCC1O. The highest BCUT2D eigenvalue weighted by Crippen LogP contribution is 2.18. The number of rotatable bonds is 5. The fourth-order valence-corrected chi connectivity index (χ4v) is 2.12. The van der Waals surface area contributed by atoms with Crippen LogP contribution in [0.5, 0.6) is 0 Å². The monoisotopic (exact) mass is 228 g/mol. The summed E-state index contributed by atoms with van der Waals surface area (Å²) in [6.45, 7) is 2.08. The average Bonchev–Trinajstić information content (AvgIpc) is 2.28. The summed E-state index contributed by atoms with van der Waals surface area (Å²) in [5.41, 5.74) is 5.77. The van der Waals surface area contributed by atoms with Gasteiger partial charge in [-0.25, -0.2) is 0 Å². The molecule has 0 aromatic rings.